The molecule has 94 valence electrons. The van der Waals surface area contributed by atoms with Crippen molar-refractivity contribution in [3.63, 3.8) is 0 Å². The highest BCUT2D eigenvalue weighted by Crippen LogP contribution is 2.26. The summed E-state index contributed by atoms with van der Waals surface area (Å²) in [5.74, 6) is 0. The van der Waals surface area contributed by atoms with E-state index in [-0.39, 0.29) is 12.2 Å². The predicted octanol–water partition coefficient (Wildman–Crippen LogP) is -2.78. The van der Waals surface area contributed by atoms with Crippen LogP contribution in [0.25, 0.3) is 0 Å². The lowest BCUT2D eigenvalue weighted by Gasteiger charge is -2.34. The van der Waals surface area contributed by atoms with Gasteiger partial charge in [-0.25, -0.2) is 4.79 Å². The summed E-state index contributed by atoms with van der Waals surface area (Å²) in [5.41, 5.74) is -1.39. The summed E-state index contributed by atoms with van der Waals surface area (Å²) in [4.78, 5) is 26.5. The molecule has 0 radical (unpaired) electrons. The van der Waals surface area contributed by atoms with Gasteiger partial charge in [0.2, 0.25) is 0 Å². The van der Waals surface area contributed by atoms with Crippen LogP contribution in [-0.2, 0) is 4.74 Å². The molecule has 1 aromatic heterocycles. The first-order valence-corrected chi connectivity index (χ1v) is 4.98. The number of aromatic amines is 2. The zero-order valence-corrected chi connectivity index (χ0v) is 8.66. The van der Waals surface area contributed by atoms with Gasteiger partial charge in [0.05, 0.1) is 12.2 Å². The lowest BCUT2D eigenvalue weighted by molar-refractivity contribution is -0.189. The van der Waals surface area contributed by atoms with Crippen LogP contribution in [0.4, 0.5) is 0 Å². The maximum Gasteiger partial charge on any atom is 0.325 e. The SMILES string of the molecule is O=c1[nH]cc(C2OC[C@@H](O)[C@H](O)[C@H]2O)c(=O)[nH]1. The number of aliphatic hydroxyl groups is 3. The van der Waals surface area contributed by atoms with Crippen LogP contribution in [-0.4, -0.2) is 50.2 Å². The van der Waals surface area contributed by atoms with E-state index in [4.69, 9.17) is 4.74 Å². The molecule has 1 fully saturated rings. The van der Waals surface area contributed by atoms with Crippen LogP contribution in [0.3, 0.4) is 0 Å². The van der Waals surface area contributed by atoms with E-state index in [0.29, 0.717) is 0 Å². The largest absolute Gasteiger partial charge is 0.388 e. The Hall–Kier alpha value is -1.48. The minimum atomic E-state index is -1.44. The van der Waals surface area contributed by atoms with Gasteiger partial charge in [-0.2, -0.15) is 0 Å². The fourth-order valence-electron chi connectivity index (χ4n) is 1.71. The predicted molar refractivity (Wildman–Crippen MR) is 54.4 cm³/mol. The summed E-state index contributed by atoms with van der Waals surface area (Å²) in [5, 5.41) is 28.4. The molecule has 5 N–H and O–H groups in total. The average Bonchev–Trinajstić information content (AvgIpc) is 2.28. The van der Waals surface area contributed by atoms with E-state index in [9.17, 15) is 24.9 Å². The fraction of sp³-hybridized carbons (Fsp3) is 0.556. The second-order valence-electron chi connectivity index (χ2n) is 3.83. The third kappa shape index (κ3) is 2.15. The molecule has 4 atom stereocenters. The number of aliphatic hydroxyl groups excluding tert-OH is 3. The number of H-pyrrole nitrogens is 2. The summed E-state index contributed by atoms with van der Waals surface area (Å²) in [6.45, 7) is -0.207. The van der Waals surface area contributed by atoms with E-state index in [2.05, 4.69) is 4.98 Å². The maximum absolute atomic E-state index is 11.5. The van der Waals surface area contributed by atoms with Crippen molar-refractivity contribution in [3.8, 4) is 0 Å². The van der Waals surface area contributed by atoms with Gasteiger partial charge in [0.1, 0.15) is 24.4 Å². The molecule has 1 aliphatic heterocycles. The van der Waals surface area contributed by atoms with Gasteiger partial charge >= 0.3 is 5.69 Å². The standard InChI is InChI=1S/C9H12N2O6/c12-4-2-17-7(6(14)5(4)13)3-1-10-9(16)11-8(3)15/h1,4-7,12-14H,2H2,(H2,10,11,15,16)/t4-,5+,6-,7?/m1/s1. The normalized spacial score (nSPS) is 33.6. The van der Waals surface area contributed by atoms with Crippen LogP contribution < -0.4 is 11.2 Å². The molecule has 2 rings (SSSR count). The number of ether oxygens (including phenoxy) is 1. The highest BCUT2D eigenvalue weighted by Gasteiger charge is 2.39. The van der Waals surface area contributed by atoms with Crippen molar-refractivity contribution in [2.75, 3.05) is 6.61 Å². The number of rotatable bonds is 1. The molecule has 2 heterocycles. The van der Waals surface area contributed by atoms with Crippen LogP contribution in [0, 0.1) is 0 Å². The van der Waals surface area contributed by atoms with Gasteiger partial charge in [-0.15, -0.1) is 0 Å². The zero-order valence-electron chi connectivity index (χ0n) is 8.66. The Balaban J connectivity index is 2.34. The van der Waals surface area contributed by atoms with E-state index < -0.39 is 35.7 Å². The van der Waals surface area contributed by atoms with E-state index >= 15 is 0 Å². The fourth-order valence-corrected chi connectivity index (χ4v) is 1.71. The number of aromatic nitrogens is 2. The summed E-state index contributed by atoms with van der Waals surface area (Å²) in [7, 11) is 0. The van der Waals surface area contributed by atoms with Crippen LogP contribution in [0.5, 0.6) is 0 Å². The average molecular weight is 244 g/mol. The summed E-state index contributed by atoms with van der Waals surface area (Å²) in [6.07, 6.45) is -4.03. The molecule has 0 amide bonds. The van der Waals surface area contributed by atoms with Crippen molar-refractivity contribution < 1.29 is 20.1 Å². The first kappa shape index (κ1) is 12.0. The molecule has 8 nitrogen and oxygen atoms in total. The summed E-state index contributed by atoms with van der Waals surface area (Å²) in [6, 6.07) is 0. The third-order valence-electron chi connectivity index (χ3n) is 2.66. The number of hydrogen-bond acceptors (Lipinski definition) is 6. The first-order chi connectivity index (χ1) is 8.00. The second-order valence-corrected chi connectivity index (χ2v) is 3.83. The van der Waals surface area contributed by atoms with Gasteiger partial charge in [0, 0.05) is 6.20 Å². The molecule has 1 aliphatic rings. The molecule has 8 heteroatoms. The Labute approximate surface area is 94.5 Å². The van der Waals surface area contributed by atoms with E-state index in [1.165, 1.54) is 0 Å². The molecule has 1 saturated heterocycles. The Morgan fingerprint density at radius 2 is 1.94 bits per heavy atom. The van der Waals surface area contributed by atoms with Gasteiger partial charge in [-0.05, 0) is 0 Å². The Bertz CT molecular complexity index is 509. The molecular weight excluding hydrogens is 232 g/mol. The quantitative estimate of drug-likeness (QED) is 0.362. The van der Waals surface area contributed by atoms with Crippen molar-refractivity contribution in [1.29, 1.82) is 0 Å². The molecule has 0 aliphatic carbocycles. The minimum absolute atomic E-state index is 0.0111. The first-order valence-electron chi connectivity index (χ1n) is 4.98. The number of hydrogen-bond donors (Lipinski definition) is 5. The summed E-state index contributed by atoms with van der Waals surface area (Å²) < 4.78 is 5.08. The Morgan fingerprint density at radius 3 is 2.59 bits per heavy atom. The van der Waals surface area contributed by atoms with Gasteiger partial charge in [-0.3, -0.25) is 9.78 Å². The van der Waals surface area contributed by atoms with Gasteiger partial charge < -0.3 is 25.0 Å². The van der Waals surface area contributed by atoms with Crippen LogP contribution in [0.15, 0.2) is 15.8 Å². The molecule has 0 saturated carbocycles. The van der Waals surface area contributed by atoms with Crippen molar-refractivity contribution in [1.82, 2.24) is 9.97 Å². The molecule has 1 aromatic rings. The molecule has 0 bridgehead atoms. The van der Waals surface area contributed by atoms with Crippen molar-refractivity contribution in [2.45, 2.75) is 24.4 Å². The highest BCUT2D eigenvalue weighted by molar-refractivity contribution is 5.12. The maximum atomic E-state index is 11.5. The van der Waals surface area contributed by atoms with Crippen LogP contribution in [0.2, 0.25) is 0 Å². The van der Waals surface area contributed by atoms with Crippen molar-refractivity contribution in [2.24, 2.45) is 0 Å². The molecule has 0 spiro atoms. The monoisotopic (exact) mass is 244 g/mol. The Morgan fingerprint density at radius 1 is 1.24 bits per heavy atom. The lowest BCUT2D eigenvalue weighted by atomic mass is 9.96. The molecule has 0 aromatic carbocycles. The van der Waals surface area contributed by atoms with E-state index in [1.54, 1.807) is 0 Å². The lowest BCUT2D eigenvalue weighted by Crippen LogP contribution is -2.50. The molecular formula is C9H12N2O6. The van der Waals surface area contributed by atoms with Crippen LogP contribution in [0.1, 0.15) is 11.7 Å². The third-order valence-corrected chi connectivity index (χ3v) is 2.66. The highest BCUT2D eigenvalue weighted by atomic mass is 16.5. The summed E-state index contributed by atoms with van der Waals surface area (Å²) >= 11 is 0. The smallest absolute Gasteiger partial charge is 0.325 e. The van der Waals surface area contributed by atoms with E-state index in [0.717, 1.165) is 6.20 Å². The molecule has 17 heavy (non-hydrogen) atoms. The van der Waals surface area contributed by atoms with Gasteiger partial charge in [0.25, 0.3) is 5.56 Å². The Kier molecular flexibility index (Phi) is 3.11. The van der Waals surface area contributed by atoms with Gasteiger partial charge in [0.15, 0.2) is 0 Å². The molecule has 1 unspecified atom stereocenters. The zero-order chi connectivity index (χ0) is 12.6. The number of nitrogens with one attached hydrogen (secondary N) is 2. The van der Waals surface area contributed by atoms with E-state index in [1.807, 2.05) is 4.98 Å². The minimum Gasteiger partial charge on any atom is -0.388 e. The van der Waals surface area contributed by atoms with Crippen molar-refractivity contribution in [3.05, 3.63) is 32.6 Å². The van der Waals surface area contributed by atoms with Crippen LogP contribution >= 0.6 is 0 Å². The topological polar surface area (TPSA) is 136 Å². The second kappa shape index (κ2) is 4.41. The van der Waals surface area contributed by atoms with Gasteiger partial charge in [-0.1, -0.05) is 0 Å². The van der Waals surface area contributed by atoms with Crippen molar-refractivity contribution >= 4 is 0 Å².